The summed E-state index contributed by atoms with van der Waals surface area (Å²) >= 11 is 18.1. The molecule has 1 fully saturated rings. The molecule has 0 aliphatic heterocycles. The molecule has 0 atom stereocenters. The second-order valence-corrected chi connectivity index (χ2v) is 8.34. The molecule has 1 aliphatic rings. The van der Waals surface area contributed by atoms with E-state index in [9.17, 15) is 9.59 Å². The van der Waals surface area contributed by atoms with Crippen molar-refractivity contribution in [3.63, 3.8) is 0 Å². The van der Waals surface area contributed by atoms with Gasteiger partial charge < -0.3 is 16.0 Å². The van der Waals surface area contributed by atoms with E-state index in [-0.39, 0.29) is 24.4 Å². The van der Waals surface area contributed by atoms with E-state index in [2.05, 4.69) is 16.0 Å². The van der Waals surface area contributed by atoms with Gasteiger partial charge >= 0.3 is 0 Å². The summed E-state index contributed by atoms with van der Waals surface area (Å²) in [5.41, 5.74) is 1.49. The van der Waals surface area contributed by atoms with Gasteiger partial charge in [0.15, 0.2) is 0 Å². The van der Waals surface area contributed by atoms with Gasteiger partial charge in [-0.3, -0.25) is 9.59 Å². The number of amides is 2. The maximum atomic E-state index is 12.6. The number of carbonyl (C=O) groups is 2. The van der Waals surface area contributed by atoms with Crippen LogP contribution in [0.3, 0.4) is 0 Å². The summed E-state index contributed by atoms with van der Waals surface area (Å²) in [5, 5.41) is 10.1. The minimum Gasteiger partial charge on any atom is -0.376 e. The topological polar surface area (TPSA) is 70.2 Å². The molecule has 0 heterocycles. The summed E-state index contributed by atoms with van der Waals surface area (Å²) in [6.07, 6.45) is 5.43. The van der Waals surface area contributed by atoms with Crippen molar-refractivity contribution >= 4 is 58.0 Å². The number of hydrogen-bond donors (Lipinski definition) is 3. The molecule has 0 aromatic heterocycles. The number of halogens is 3. The summed E-state index contributed by atoms with van der Waals surface area (Å²) < 4.78 is 0. The summed E-state index contributed by atoms with van der Waals surface area (Å²) in [7, 11) is 0. The number of hydrogen-bond acceptors (Lipinski definition) is 3. The Morgan fingerprint density at radius 1 is 0.897 bits per heavy atom. The van der Waals surface area contributed by atoms with Gasteiger partial charge in [0.2, 0.25) is 5.91 Å². The summed E-state index contributed by atoms with van der Waals surface area (Å²) in [5.74, 6) is -0.494. The highest BCUT2D eigenvalue weighted by Crippen LogP contribution is 2.24. The van der Waals surface area contributed by atoms with Crippen LogP contribution in [-0.4, -0.2) is 24.4 Å². The predicted octanol–water partition coefficient (Wildman–Crippen LogP) is 5.76. The van der Waals surface area contributed by atoms with E-state index >= 15 is 0 Å². The van der Waals surface area contributed by atoms with Crippen LogP contribution in [0.15, 0.2) is 36.4 Å². The van der Waals surface area contributed by atoms with Gasteiger partial charge in [-0.2, -0.15) is 0 Å². The summed E-state index contributed by atoms with van der Waals surface area (Å²) in [4.78, 5) is 24.9. The van der Waals surface area contributed by atoms with E-state index in [0.717, 1.165) is 25.7 Å². The normalized spacial score (nSPS) is 14.3. The molecule has 0 spiro atoms. The molecule has 1 aliphatic carbocycles. The van der Waals surface area contributed by atoms with Gasteiger partial charge in [-0.1, -0.05) is 54.1 Å². The lowest BCUT2D eigenvalue weighted by molar-refractivity contribution is -0.114. The predicted molar refractivity (Wildman–Crippen MR) is 119 cm³/mol. The number of rotatable bonds is 6. The van der Waals surface area contributed by atoms with E-state index in [1.165, 1.54) is 6.42 Å². The van der Waals surface area contributed by atoms with Crippen molar-refractivity contribution in [2.75, 3.05) is 17.2 Å². The van der Waals surface area contributed by atoms with Crippen molar-refractivity contribution in [2.24, 2.45) is 0 Å². The van der Waals surface area contributed by atoms with Crippen LogP contribution in [0.5, 0.6) is 0 Å². The first-order valence-electron chi connectivity index (χ1n) is 9.51. The molecule has 1 saturated carbocycles. The zero-order chi connectivity index (χ0) is 20.8. The van der Waals surface area contributed by atoms with Gasteiger partial charge in [-0.05, 0) is 49.2 Å². The van der Waals surface area contributed by atoms with Crippen LogP contribution in [0.2, 0.25) is 15.1 Å². The van der Waals surface area contributed by atoms with E-state index in [1.807, 2.05) is 0 Å². The van der Waals surface area contributed by atoms with Gasteiger partial charge in [0, 0.05) is 27.5 Å². The fourth-order valence-electron chi connectivity index (χ4n) is 3.33. The lowest BCUT2D eigenvalue weighted by Gasteiger charge is -2.23. The fraction of sp³-hybridized carbons (Fsp3) is 0.333. The summed E-state index contributed by atoms with van der Waals surface area (Å²) in [6, 6.07) is 10.0. The standard InChI is InChI=1S/C21H22Cl3N3O2/c22-13-8-14(23)10-17(9-13)25-12-20(28)26-16-6-7-19(24)18(11-16)21(29)27-15-4-2-1-3-5-15/h6-11,15,25H,1-5,12H2,(H,26,28)(H,27,29). The Labute approximate surface area is 185 Å². The quantitative estimate of drug-likeness (QED) is 0.519. The molecular weight excluding hydrogens is 433 g/mol. The van der Waals surface area contributed by atoms with Crippen molar-refractivity contribution < 1.29 is 9.59 Å². The molecule has 154 valence electrons. The maximum Gasteiger partial charge on any atom is 0.253 e. The van der Waals surface area contributed by atoms with Gasteiger partial charge in [-0.25, -0.2) is 0 Å². The molecule has 0 unspecified atom stereocenters. The van der Waals surface area contributed by atoms with Crippen LogP contribution in [0.1, 0.15) is 42.5 Å². The molecule has 2 aromatic carbocycles. The molecule has 0 saturated heterocycles. The third kappa shape index (κ3) is 6.53. The second-order valence-electron chi connectivity index (χ2n) is 7.06. The van der Waals surface area contributed by atoms with Gasteiger partial charge in [0.05, 0.1) is 17.1 Å². The van der Waals surface area contributed by atoms with Crippen molar-refractivity contribution in [1.82, 2.24) is 5.32 Å². The van der Waals surface area contributed by atoms with Crippen LogP contribution in [0.4, 0.5) is 11.4 Å². The van der Waals surface area contributed by atoms with Crippen LogP contribution in [0.25, 0.3) is 0 Å². The monoisotopic (exact) mass is 453 g/mol. The Bertz CT molecular complexity index is 878. The highest BCUT2D eigenvalue weighted by molar-refractivity contribution is 6.35. The van der Waals surface area contributed by atoms with Gasteiger partial charge in [0.25, 0.3) is 5.91 Å². The van der Waals surface area contributed by atoms with E-state index in [1.54, 1.807) is 36.4 Å². The zero-order valence-corrected chi connectivity index (χ0v) is 18.0. The largest absolute Gasteiger partial charge is 0.376 e. The molecule has 8 heteroatoms. The average molecular weight is 455 g/mol. The van der Waals surface area contributed by atoms with Gasteiger partial charge in [0.1, 0.15) is 0 Å². The molecule has 2 aromatic rings. The maximum absolute atomic E-state index is 12.6. The average Bonchev–Trinajstić information content (AvgIpc) is 2.68. The first kappa shape index (κ1) is 21.8. The van der Waals surface area contributed by atoms with E-state index < -0.39 is 0 Å². The Morgan fingerprint density at radius 3 is 2.28 bits per heavy atom. The SMILES string of the molecule is O=C(CNc1cc(Cl)cc(Cl)c1)Nc1ccc(Cl)c(C(=O)NC2CCCCC2)c1. The Morgan fingerprint density at radius 2 is 1.59 bits per heavy atom. The van der Waals surface area contributed by atoms with Crippen molar-refractivity contribution in [1.29, 1.82) is 0 Å². The van der Waals surface area contributed by atoms with Crippen molar-refractivity contribution in [3.05, 3.63) is 57.0 Å². The van der Waals surface area contributed by atoms with Crippen molar-refractivity contribution in [3.8, 4) is 0 Å². The molecule has 29 heavy (non-hydrogen) atoms. The third-order valence-electron chi connectivity index (χ3n) is 4.75. The molecule has 2 amide bonds. The smallest absolute Gasteiger partial charge is 0.253 e. The lowest BCUT2D eigenvalue weighted by atomic mass is 9.95. The lowest BCUT2D eigenvalue weighted by Crippen LogP contribution is -2.36. The van der Waals surface area contributed by atoms with Crippen LogP contribution < -0.4 is 16.0 Å². The Hall–Kier alpha value is -1.95. The number of benzene rings is 2. The third-order valence-corrected chi connectivity index (χ3v) is 5.52. The Balaban J connectivity index is 1.59. The highest BCUT2D eigenvalue weighted by atomic mass is 35.5. The minimum absolute atomic E-state index is 0.0168. The molecule has 3 N–H and O–H groups in total. The zero-order valence-electron chi connectivity index (χ0n) is 15.7. The Kier molecular flexibility index (Phi) is 7.64. The first-order chi connectivity index (χ1) is 13.9. The van der Waals surface area contributed by atoms with Crippen molar-refractivity contribution in [2.45, 2.75) is 38.1 Å². The number of nitrogens with one attached hydrogen (secondary N) is 3. The van der Waals surface area contributed by atoms with E-state index in [0.29, 0.717) is 32.0 Å². The highest BCUT2D eigenvalue weighted by Gasteiger charge is 2.19. The molecular formula is C21H22Cl3N3O2. The van der Waals surface area contributed by atoms with Crippen LogP contribution in [0, 0.1) is 0 Å². The van der Waals surface area contributed by atoms with E-state index in [4.69, 9.17) is 34.8 Å². The minimum atomic E-state index is -0.276. The summed E-state index contributed by atoms with van der Waals surface area (Å²) in [6.45, 7) is 0.0168. The molecule has 3 rings (SSSR count). The molecule has 0 bridgehead atoms. The van der Waals surface area contributed by atoms with Crippen LogP contribution in [-0.2, 0) is 4.79 Å². The van der Waals surface area contributed by atoms with Gasteiger partial charge in [-0.15, -0.1) is 0 Å². The fourth-order valence-corrected chi connectivity index (χ4v) is 4.06. The second kappa shape index (κ2) is 10.2. The number of anilines is 2. The van der Waals surface area contributed by atoms with Crippen LogP contribution >= 0.6 is 34.8 Å². The number of carbonyl (C=O) groups excluding carboxylic acids is 2. The molecule has 5 nitrogen and oxygen atoms in total. The molecule has 0 radical (unpaired) electrons. The first-order valence-corrected chi connectivity index (χ1v) is 10.6.